The zero-order valence-electron chi connectivity index (χ0n) is 16.8. The number of nitrogens with one attached hydrogen (secondary N) is 2. The van der Waals surface area contributed by atoms with Crippen molar-refractivity contribution in [3.8, 4) is 0 Å². The number of amides is 1. The number of aromatic nitrogens is 2. The van der Waals surface area contributed by atoms with Crippen molar-refractivity contribution in [1.82, 2.24) is 14.9 Å². The molecule has 1 amide bonds. The zero-order valence-corrected chi connectivity index (χ0v) is 18.3. The number of carbonyl (C=O) groups is 1. The van der Waals surface area contributed by atoms with Crippen LogP contribution in [0.25, 0.3) is 11.0 Å². The third kappa shape index (κ3) is 3.98. The first-order chi connectivity index (χ1) is 14.4. The van der Waals surface area contributed by atoms with E-state index in [9.17, 15) is 9.18 Å². The van der Waals surface area contributed by atoms with Crippen molar-refractivity contribution >= 4 is 51.8 Å². The zero-order chi connectivity index (χ0) is 21.4. The first kappa shape index (κ1) is 20.9. The highest BCUT2D eigenvalue weighted by molar-refractivity contribution is 6.39. The Kier molecular flexibility index (Phi) is 5.89. The smallest absolute Gasteiger partial charge is 0.254 e. The molecule has 2 unspecified atom stereocenters. The lowest BCUT2D eigenvalue weighted by molar-refractivity contribution is 0.0933. The van der Waals surface area contributed by atoms with E-state index in [0.29, 0.717) is 38.6 Å². The van der Waals surface area contributed by atoms with Gasteiger partial charge in [0.05, 0.1) is 32.3 Å². The largest absolute Gasteiger partial charge is 0.349 e. The van der Waals surface area contributed by atoms with Gasteiger partial charge < -0.3 is 15.2 Å². The Morgan fingerprint density at radius 1 is 1.27 bits per heavy atom. The molecule has 3 aromatic rings. The highest BCUT2D eigenvalue weighted by Crippen LogP contribution is 2.33. The molecule has 2 aromatic carbocycles. The van der Waals surface area contributed by atoms with Gasteiger partial charge in [0.25, 0.3) is 5.91 Å². The molecule has 0 bridgehead atoms. The van der Waals surface area contributed by atoms with E-state index in [1.54, 1.807) is 29.8 Å². The summed E-state index contributed by atoms with van der Waals surface area (Å²) in [5.74, 6) is 0.100. The van der Waals surface area contributed by atoms with Crippen molar-refractivity contribution in [2.24, 2.45) is 13.0 Å². The van der Waals surface area contributed by atoms with Crippen LogP contribution in [0, 0.1) is 11.7 Å². The van der Waals surface area contributed by atoms with Gasteiger partial charge in [-0.3, -0.25) is 4.79 Å². The monoisotopic (exact) mass is 448 g/mol. The molecule has 30 heavy (non-hydrogen) atoms. The molecular weight excluding hydrogens is 426 g/mol. The SMILES string of the molecule is CCC1CCC(NC(=O)c2cc3nc(Nc4c(Cl)cccc4Cl)n(C)c3cc2F)C1. The van der Waals surface area contributed by atoms with E-state index in [4.69, 9.17) is 23.2 Å². The van der Waals surface area contributed by atoms with E-state index in [-0.39, 0.29) is 11.6 Å². The molecule has 0 radical (unpaired) electrons. The Hall–Kier alpha value is -2.31. The number of hydrogen-bond acceptors (Lipinski definition) is 3. The summed E-state index contributed by atoms with van der Waals surface area (Å²) in [6.45, 7) is 2.16. The number of nitrogens with zero attached hydrogens (tertiary/aromatic N) is 2. The molecule has 8 heteroatoms. The Balaban J connectivity index is 1.61. The minimum absolute atomic E-state index is 0.00266. The highest BCUT2D eigenvalue weighted by atomic mass is 35.5. The molecule has 1 fully saturated rings. The van der Waals surface area contributed by atoms with Crippen LogP contribution in [0.5, 0.6) is 0 Å². The maximum atomic E-state index is 14.8. The first-order valence-corrected chi connectivity index (χ1v) is 10.8. The second-order valence-corrected chi connectivity index (χ2v) is 8.61. The summed E-state index contributed by atoms with van der Waals surface area (Å²) in [5, 5.41) is 6.97. The van der Waals surface area contributed by atoms with E-state index in [1.807, 2.05) is 0 Å². The average molecular weight is 449 g/mol. The van der Waals surface area contributed by atoms with Crippen LogP contribution in [-0.4, -0.2) is 21.5 Å². The van der Waals surface area contributed by atoms with Crippen molar-refractivity contribution in [3.05, 3.63) is 51.8 Å². The Morgan fingerprint density at radius 2 is 2.00 bits per heavy atom. The van der Waals surface area contributed by atoms with Crippen molar-refractivity contribution in [2.75, 3.05) is 5.32 Å². The first-order valence-electron chi connectivity index (χ1n) is 10.0. The lowest BCUT2D eigenvalue weighted by atomic mass is 10.1. The summed E-state index contributed by atoms with van der Waals surface area (Å²) in [6, 6.07) is 8.10. The lowest BCUT2D eigenvalue weighted by Gasteiger charge is -2.13. The normalized spacial score (nSPS) is 18.7. The van der Waals surface area contributed by atoms with E-state index < -0.39 is 11.7 Å². The van der Waals surface area contributed by atoms with Gasteiger partial charge in [-0.15, -0.1) is 0 Å². The van der Waals surface area contributed by atoms with Crippen LogP contribution in [0.4, 0.5) is 16.0 Å². The predicted octanol–water partition coefficient (Wildman–Crippen LogP) is 6.07. The van der Waals surface area contributed by atoms with Crippen molar-refractivity contribution in [2.45, 2.75) is 38.6 Å². The molecule has 1 heterocycles. The number of carbonyl (C=O) groups excluding carboxylic acids is 1. The standard InChI is InChI=1S/C22H23Cl2FN4O/c1-3-12-7-8-13(9-12)26-21(30)14-10-18-19(11-17(14)25)29(2)22(27-18)28-20-15(23)5-4-6-16(20)24/h4-6,10-13H,3,7-9H2,1-2H3,(H,26,30)(H,27,28). The third-order valence-corrected chi connectivity index (χ3v) is 6.50. The summed E-state index contributed by atoms with van der Waals surface area (Å²) >= 11 is 12.5. The molecule has 1 aliphatic rings. The second-order valence-electron chi connectivity index (χ2n) is 7.79. The van der Waals surface area contributed by atoms with Gasteiger partial charge in [0.15, 0.2) is 0 Å². The number of fused-ring (bicyclic) bond motifs is 1. The maximum Gasteiger partial charge on any atom is 0.254 e. The van der Waals surface area contributed by atoms with Gasteiger partial charge in [-0.25, -0.2) is 9.37 Å². The number of benzene rings is 2. The molecule has 158 valence electrons. The van der Waals surface area contributed by atoms with Crippen LogP contribution in [0.15, 0.2) is 30.3 Å². The van der Waals surface area contributed by atoms with Gasteiger partial charge >= 0.3 is 0 Å². The molecule has 2 atom stereocenters. The molecule has 2 N–H and O–H groups in total. The minimum Gasteiger partial charge on any atom is -0.349 e. The van der Waals surface area contributed by atoms with Crippen LogP contribution in [-0.2, 0) is 7.05 Å². The van der Waals surface area contributed by atoms with E-state index in [2.05, 4.69) is 22.5 Å². The fourth-order valence-corrected chi connectivity index (χ4v) is 4.56. The number of halogens is 3. The van der Waals surface area contributed by atoms with Gasteiger partial charge in [-0.1, -0.05) is 42.6 Å². The van der Waals surface area contributed by atoms with Gasteiger partial charge in [-0.2, -0.15) is 0 Å². The molecule has 1 aliphatic carbocycles. The predicted molar refractivity (Wildman–Crippen MR) is 119 cm³/mol. The van der Waals surface area contributed by atoms with Gasteiger partial charge in [0, 0.05) is 19.2 Å². The molecule has 0 saturated heterocycles. The quantitative estimate of drug-likeness (QED) is 0.497. The molecule has 1 saturated carbocycles. The van der Waals surface area contributed by atoms with Crippen LogP contribution in [0.2, 0.25) is 10.0 Å². The maximum absolute atomic E-state index is 14.8. The molecular formula is C22H23Cl2FN4O. The number of hydrogen-bond donors (Lipinski definition) is 2. The number of anilines is 2. The molecule has 0 aliphatic heterocycles. The van der Waals surface area contributed by atoms with Crippen LogP contribution in [0.1, 0.15) is 43.0 Å². The Morgan fingerprint density at radius 3 is 2.67 bits per heavy atom. The number of para-hydroxylation sites is 1. The fourth-order valence-electron chi connectivity index (χ4n) is 4.07. The summed E-state index contributed by atoms with van der Waals surface area (Å²) in [5.41, 5.74) is 1.58. The third-order valence-electron chi connectivity index (χ3n) is 5.87. The van der Waals surface area contributed by atoms with Crippen molar-refractivity contribution < 1.29 is 9.18 Å². The second kappa shape index (κ2) is 8.44. The van der Waals surface area contributed by atoms with Crippen molar-refractivity contribution in [3.63, 3.8) is 0 Å². The summed E-state index contributed by atoms with van der Waals surface area (Å²) < 4.78 is 16.5. The summed E-state index contributed by atoms with van der Waals surface area (Å²) in [7, 11) is 1.75. The van der Waals surface area contributed by atoms with E-state index in [1.165, 1.54) is 12.1 Å². The van der Waals surface area contributed by atoms with Crippen molar-refractivity contribution in [1.29, 1.82) is 0 Å². The lowest BCUT2D eigenvalue weighted by Crippen LogP contribution is -2.33. The van der Waals surface area contributed by atoms with Gasteiger partial charge in [0.2, 0.25) is 5.95 Å². The molecule has 1 aromatic heterocycles. The summed E-state index contributed by atoms with van der Waals surface area (Å²) in [6.07, 6.45) is 4.08. The topological polar surface area (TPSA) is 59.0 Å². The number of rotatable bonds is 5. The number of imidazole rings is 1. The fraction of sp³-hybridized carbons (Fsp3) is 0.364. The van der Waals surface area contributed by atoms with Gasteiger partial charge in [-0.05, 0) is 43.4 Å². The summed E-state index contributed by atoms with van der Waals surface area (Å²) in [4.78, 5) is 17.2. The molecule has 4 rings (SSSR count). The van der Waals surface area contributed by atoms with E-state index in [0.717, 1.165) is 25.7 Å². The van der Waals surface area contributed by atoms with Crippen LogP contribution < -0.4 is 10.6 Å². The van der Waals surface area contributed by atoms with E-state index >= 15 is 0 Å². The van der Waals surface area contributed by atoms with Crippen LogP contribution >= 0.6 is 23.2 Å². The van der Waals surface area contributed by atoms with Gasteiger partial charge in [0.1, 0.15) is 5.82 Å². The Bertz CT molecular complexity index is 1090. The molecule has 0 spiro atoms. The highest BCUT2D eigenvalue weighted by Gasteiger charge is 2.26. The van der Waals surface area contributed by atoms with Crippen LogP contribution in [0.3, 0.4) is 0 Å². The minimum atomic E-state index is -0.574. The Labute approximate surface area is 184 Å². The average Bonchev–Trinajstić information content (AvgIpc) is 3.29. The number of aryl methyl sites for hydroxylation is 1. The molecule has 5 nitrogen and oxygen atoms in total.